The first-order chi connectivity index (χ1) is 12.5. The van der Waals surface area contributed by atoms with Crippen molar-refractivity contribution in [2.75, 3.05) is 26.4 Å². The van der Waals surface area contributed by atoms with Crippen molar-refractivity contribution in [1.82, 2.24) is 5.32 Å². The van der Waals surface area contributed by atoms with Gasteiger partial charge in [-0.3, -0.25) is 4.79 Å². The Morgan fingerprint density at radius 3 is 1.92 bits per heavy atom. The molecule has 0 heterocycles. The lowest BCUT2D eigenvalue weighted by Crippen LogP contribution is -2.38. The molecule has 0 aliphatic heterocycles. The van der Waals surface area contributed by atoms with E-state index in [2.05, 4.69) is 26.1 Å². The minimum absolute atomic E-state index is 0.0778. The number of hydrogen-bond donors (Lipinski definition) is 1. The molecule has 140 valence electrons. The molecule has 0 saturated heterocycles. The highest BCUT2D eigenvalue weighted by Gasteiger charge is 2.23. The van der Waals surface area contributed by atoms with Crippen molar-refractivity contribution in [3.63, 3.8) is 0 Å². The maximum absolute atomic E-state index is 12.7. The smallest absolute Gasteiger partial charge is 0.318 e. The molecule has 0 saturated carbocycles. The van der Waals surface area contributed by atoms with Crippen LogP contribution in [-0.4, -0.2) is 37.9 Å². The second kappa shape index (κ2) is 10.1. The summed E-state index contributed by atoms with van der Waals surface area (Å²) in [6.45, 7) is 8.36. The Morgan fingerprint density at radius 1 is 0.885 bits per heavy atom. The molecule has 2 rings (SSSR count). The molecule has 1 N–H and O–H groups in total. The molecule has 26 heavy (non-hydrogen) atoms. The van der Waals surface area contributed by atoms with Crippen LogP contribution in [0.25, 0.3) is 0 Å². The number of nitrogens with one attached hydrogen (secondary N) is 1. The van der Waals surface area contributed by atoms with Crippen molar-refractivity contribution in [3.8, 4) is 0 Å². The van der Waals surface area contributed by atoms with Crippen molar-refractivity contribution in [3.05, 3.63) is 71.8 Å². The number of benzene rings is 2. The molecule has 0 aliphatic rings. The number of hydrogen-bond acceptors (Lipinski definition) is 4. The van der Waals surface area contributed by atoms with Gasteiger partial charge in [0.1, 0.15) is 12.5 Å². The van der Waals surface area contributed by atoms with Crippen LogP contribution in [0.2, 0.25) is 0 Å². The SMILES string of the molecule is CC(C)(C)NCCOCCOC(=O)C(c1ccccc1)c1ccccc1. The zero-order valence-corrected chi connectivity index (χ0v) is 15.9. The summed E-state index contributed by atoms with van der Waals surface area (Å²) in [6.07, 6.45) is 0. The first-order valence-electron chi connectivity index (χ1n) is 9.07. The third kappa shape index (κ3) is 6.98. The van der Waals surface area contributed by atoms with Crippen molar-refractivity contribution in [2.24, 2.45) is 0 Å². The van der Waals surface area contributed by atoms with Crippen LogP contribution in [0.1, 0.15) is 37.8 Å². The van der Waals surface area contributed by atoms with E-state index in [9.17, 15) is 4.79 Å². The minimum Gasteiger partial charge on any atom is -0.463 e. The maximum Gasteiger partial charge on any atom is 0.318 e. The highest BCUT2D eigenvalue weighted by atomic mass is 16.6. The summed E-state index contributed by atoms with van der Waals surface area (Å²) >= 11 is 0. The summed E-state index contributed by atoms with van der Waals surface area (Å²) in [4.78, 5) is 12.7. The minimum atomic E-state index is -0.417. The average Bonchev–Trinajstić information content (AvgIpc) is 2.62. The van der Waals surface area contributed by atoms with E-state index in [4.69, 9.17) is 9.47 Å². The maximum atomic E-state index is 12.7. The van der Waals surface area contributed by atoms with Gasteiger partial charge in [0.15, 0.2) is 0 Å². The zero-order chi connectivity index (χ0) is 18.8. The molecule has 4 heteroatoms. The second-order valence-electron chi connectivity index (χ2n) is 7.21. The van der Waals surface area contributed by atoms with Crippen molar-refractivity contribution in [2.45, 2.75) is 32.2 Å². The molecule has 0 aliphatic carbocycles. The van der Waals surface area contributed by atoms with Gasteiger partial charge in [0.05, 0.1) is 13.2 Å². The van der Waals surface area contributed by atoms with E-state index in [-0.39, 0.29) is 18.1 Å². The van der Waals surface area contributed by atoms with Gasteiger partial charge in [0, 0.05) is 12.1 Å². The number of ether oxygens (including phenoxy) is 2. The molecule has 0 unspecified atom stereocenters. The predicted octanol–water partition coefficient (Wildman–Crippen LogP) is 3.77. The van der Waals surface area contributed by atoms with E-state index in [0.717, 1.165) is 17.7 Å². The zero-order valence-electron chi connectivity index (χ0n) is 15.9. The van der Waals surface area contributed by atoms with Gasteiger partial charge in [0.2, 0.25) is 0 Å². The molecule has 2 aromatic carbocycles. The van der Waals surface area contributed by atoms with Crippen molar-refractivity contribution >= 4 is 5.97 Å². The van der Waals surface area contributed by atoms with E-state index in [1.165, 1.54) is 0 Å². The topological polar surface area (TPSA) is 47.6 Å². The fraction of sp³-hybridized carbons (Fsp3) is 0.409. The van der Waals surface area contributed by atoms with E-state index in [1.54, 1.807) is 0 Å². The van der Waals surface area contributed by atoms with Crippen LogP contribution in [0, 0.1) is 0 Å². The van der Waals surface area contributed by atoms with Gasteiger partial charge in [-0.25, -0.2) is 0 Å². The van der Waals surface area contributed by atoms with E-state index >= 15 is 0 Å². The summed E-state index contributed by atoms with van der Waals surface area (Å²) in [6, 6.07) is 19.4. The van der Waals surface area contributed by atoms with Crippen LogP contribution in [-0.2, 0) is 14.3 Å². The number of carbonyl (C=O) groups is 1. The van der Waals surface area contributed by atoms with Gasteiger partial charge in [-0.05, 0) is 31.9 Å². The molecule has 0 aromatic heterocycles. The quantitative estimate of drug-likeness (QED) is 0.549. The van der Waals surface area contributed by atoms with Gasteiger partial charge in [-0.1, -0.05) is 60.7 Å². The van der Waals surface area contributed by atoms with E-state index in [0.29, 0.717) is 13.2 Å². The van der Waals surface area contributed by atoms with E-state index in [1.807, 2.05) is 60.7 Å². The van der Waals surface area contributed by atoms with E-state index < -0.39 is 5.92 Å². The van der Waals surface area contributed by atoms with Crippen LogP contribution < -0.4 is 5.32 Å². The monoisotopic (exact) mass is 355 g/mol. The van der Waals surface area contributed by atoms with Gasteiger partial charge in [-0.2, -0.15) is 0 Å². The summed E-state index contributed by atoms with van der Waals surface area (Å²) in [5.74, 6) is -0.668. The molecule has 2 aromatic rings. The Hall–Kier alpha value is -2.17. The fourth-order valence-corrected chi connectivity index (χ4v) is 2.64. The Morgan fingerprint density at radius 2 is 1.42 bits per heavy atom. The Labute approximate surface area is 156 Å². The second-order valence-corrected chi connectivity index (χ2v) is 7.21. The fourth-order valence-electron chi connectivity index (χ4n) is 2.64. The third-order valence-electron chi connectivity index (χ3n) is 3.88. The molecule has 0 radical (unpaired) electrons. The van der Waals surface area contributed by atoms with Crippen LogP contribution >= 0.6 is 0 Å². The molecule has 0 amide bonds. The predicted molar refractivity (Wildman–Crippen MR) is 104 cm³/mol. The summed E-state index contributed by atoms with van der Waals surface area (Å²) < 4.78 is 11.0. The lowest BCUT2D eigenvalue weighted by molar-refractivity contribution is -0.145. The highest BCUT2D eigenvalue weighted by Crippen LogP contribution is 2.25. The molecular formula is C22H29NO3. The highest BCUT2D eigenvalue weighted by molar-refractivity contribution is 5.82. The third-order valence-corrected chi connectivity index (χ3v) is 3.88. The Balaban J connectivity index is 1.84. The average molecular weight is 355 g/mol. The van der Waals surface area contributed by atoms with Gasteiger partial charge in [-0.15, -0.1) is 0 Å². The van der Waals surface area contributed by atoms with Crippen LogP contribution in [0.15, 0.2) is 60.7 Å². The van der Waals surface area contributed by atoms with Gasteiger partial charge in [0.25, 0.3) is 0 Å². The standard InChI is InChI=1S/C22H29NO3/c1-22(2,3)23-14-15-25-16-17-26-21(24)20(18-10-6-4-7-11-18)19-12-8-5-9-13-19/h4-13,20,23H,14-17H2,1-3H3. The number of carbonyl (C=O) groups excluding carboxylic acids is 1. The van der Waals surface area contributed by atoms with Gasteiger partial charge >= 0.3 is 5.97 Å². The molecule has 0 atom stereocenters. The molecule has 0 spiro atoms. The number of esters is 1. The lowest BCUT2D eigenvalue weighted by atomic mass is 9.91. The molecule has 0 fully saturated rings. The Kier molecular flexibility index (Phi) is 7.82. The van der Waals surface area contributed by atoms with Crippen LogP contribution in [0.3, 0.4) is 0 Å². The first-order valence-corrected chi connectivity index (χ1v) is 9.07. The largest absolute Gasteiger partial charge is 0.463 e. The Bertz CT molecular complexity index is 611. The lowest BCUT2D eigenvalue weighted by Gasteiger charge is -2.20. The first kappa shape index (κ1) is 20.1. The summed E-state index contributed by atoms with van der Waals surface area (Å²) in [5, 5.41) is 3.35. The van der Waals surface area contributed by atoms with Crippen molar-refractivity contribution in [1.29, 1.82) is 0 Å². The molecular weight excluding hydrogens is 326 g/mol. The summed E-state index contributed by atoms with van der Waals surface area (Å²) in [7, 11) is 0. The normalized spacial score (nSPS) is 11.5. The van der Waals surface area contributed by atoms with Gasteiger partial charge < -0.3 is 14.8 Å². The number of rotatable bonds is 9. The van der Waals surface area contributed by atoms with Crippen molar-refractivity contribution < 1.29 is 14.3 Å². The van der Waals surface area contributed by atoms with Crippen LogP contribution in [0.5, 0.6) is 0 Å². The molecule has 0 bridgehead atoms. The summed E-state index contributed by atoms with van der Waals surface area (Å²) in [5.41, 5.74) is 1.94. The molecule has 4 nitrogen and oxygen atoms in total. The van der Waals surface area contributed by atoms with Crippen LogP contribution in [0.4, 0.5) is 0 Å².